The zero-order valence-corrected chi connectivity index (χ0v) is 7.18. The molecule has 2 heterocycles. The maximum atomic E-state index is 11.5. The second kappa shape index (κ2) is 2.25. The summed E-state index contributed by atoms with van der Waals surface area (Å²) in [6.45, 7) is 1.65. The minimum Gasteiger partial charge on any atom is -0.384 e. The topological polar surface area (TPSA) is 41.1 Å². The van der Waals surface area contributed by atoms with Crippen molar-refractivity contribution >= 4 is 11.6 Å². The van der Waals surface area contributed by atoms with Crippen molar-refractivity contribution in [3.8, 4) is 0 Å². The molecule has 0 aromatic heterocycles. The van der Waals surface area contributed by atoms with E-state index in [1.165, 1.54) is 5.56 Å². The van der Waals surface area contributed by atoms with Gasteiger partial charge in [0, 0.05) is 24.3 Å². The molecule has 3 heteroatoms. The van der Waals surface area contributed by atoms with Crippen molar-refractivity contribution in [2.45, 2.75) is 13.0 Å². The molecule has 0 saturated heterocycles. The summed E-state index contributed by atoms with van der Waals surface area (Å²) in [7, 11) is 0. The normalized spacial score (nSPS) is 17.7. The highest BCUT2D eigenvalue weighted by atomic mass is 16.1. The average Bonchev–Trinajstić information content (AvgIpc) is 2.70. The number of carbonyl (C=O) groups is 1. The zero-order chi connectivity index (χ0) is 8.84. The van der Waals surface area contributed by atoms with Gasteiger partial charge < -0.3 is 10.6 Å². The number of hydrogen-bond donors (Lipinski definition) is 2. The lowest BCUT2D eigenvalue weighted by Gasteiger charge is -2.03. The van der Waals surface area contributed by atoms with Gasteiger partial charge in [0.1, 0.15) is 0 Å². The molecule has 0 radical (unpaired) electrons. The first kappa shape index (κ1) is 6.95. The Balaban J connectivity index is 2.29. The molecule has 3 nitrogen and oxygen atoms in total. The van der Waals surface area contributed by atoms with Crippen LogP contribution in [0.1, 0.15) is 21.5 Å². The standard InChI is InChI=1S/C10H10N2O/c13-10-9-6(5-12-10)1-2-8-7(9)3-4-11-8/h1-2,11H,3-5H2,(H,12,13). The van der Waals surface area contributed by atoms with Crippen LogP contribution < -0.4 is 10.6 Å². The second-order valence-corrected chi connectivity index (χ2v) is 3.49. The molecule has 13 heavy (non-hydrogen) atoms. The van der Waals surface area contributed by atoms with Crippen LogP contribution in [0.2, 0.25) is 0 Å². The number of nitrogens with one attached hydrogen (secondary N) is 2. The maximum Gasteiger partial charge on any atom is 0.252 e. The fourth-order valence-electron chi connectivity index (χ4n) is 2.14. The monoisotopic (exact) mass is 174 g/mol. The first-order valence-electron chi connectivity index (χ1n) is 4.53. The number of fused-ring (bicyclic) bond motifs is 3. The van der Waals surface area contributed by atoms with Gasteiger partial charge in [0.2, 0.25) is 0 Å². The summed E-state index contributed by atoms with van der Waals surface area (Å²) in [4.78, 5) is 11.5. The van der Waals surface area contributed by atoms with Crippen LogP contribution in [-0.2, 0) is 13.0 Å². The van der Waals surface area contributed by atoms with E-state index in [0.717, 1.165) is 29.8 Å². The van der Waals surface area contributed by atoms with Gasteiger partial charge in [-0.1, -0.05) is 6.07 Å². The Morgan fingerprint density at radius 2 is 2.15 bits per heavy atom. The number of hydrogen-bond acceptors (Lipinski definition) is 2. The molecule has 2 aliphatic rings. The first-order valence-corrected chi connectivity index (χ1v) is 4.53. The molecule has 0 fully saturated rings. The summed E-state index contributed by atoms with van der Waals surface area (Å²) >= 11 is 0. The fourth-order valence-corrected chi connectivity index (χ4v) is 2.14. The molecule has 0 unspecified atom stereocenters. The fraction of sp³-hybridized carbons (Fsp3) is 0.300. The number of rotatable bonds is 0. The van der Waals surface area contributed by atoms with Gasteiger partial charge in [-0.25, -0.2) is 0 Å². The van der Waals surface area contributed by atoms with Crippen molar-refractivity contribution < 1.29 is 4.79 Å². The molecule has 66 valence electrons. The quantitative estimate of drug-likeness (QED) is 0.613. The van der Waals surface area contributed by atoms with Gasteiger partial charge in [0.15, 0.2) is 0 Å². The number of amides is 1. The molecule has 1 aromatic rings. The first-order chi connectivity index (χ1) is 6.36. The molecule has 2 aliphatic heterocycles. The molecule has 1 amide bonds. The van der Waals surface area contributed by atoms with E-state index >= 15 is 0 Å². The summed E-state index contributed by atoms with van der Waals surface area (Å²) in [6, 6.07) is 4.10. The Labute approximate surface area is 76.1 Å². The highest BCUT2D eigenvalue weighted by Crippen LogP contribution is 2.30. The van der Waals surface area contributed by atoms with Gasteiger partial charge in [0.05, 0.1) is 0 Å². The van der Waals surface area contributed by atoms with Crippen LogP contribution in [0, 0.1) is 0 Å². The average molecular weight is 174 g/mol. The highest BCUT2D eigenvalue weighted by Gasteiger charge is 2.26. The summed E-state index contributed by atoms with van der Waals surface area (Å²) in [6.07, 6.45) is 0.978. The maximum absolute atomic E-state index is 11.5. The van der Waals surface area contributed by atoms with Gasteiger partial charge in [-0.3, -0.25) is 4.79 Å². The van der Waals surface area contributed by atoms with Crippen molar-refractivity contribution in [1.29, 1.82) is 0 Å². The van der Waals surface area contributed by atoms with Gasteiger partial charge in [0.25, 0.3) is 5.91 Å². The number of anilines is 1. The van der Waals surface area contributed by atoms with E-state index in [9.17, 15) is 4.79 Å². The second-order valence-electron chi connectivity index (χ2n) is 3.49. The molecule has 3 rings (SSSR count). The molecule has 0 aliphatic carbocycles. The Morgan fingerprint density at radius 3 is 3.08 bits per heavy atom. The Kier molecular flexibility index (Phi) is 1.20. The van der Waals surface area contributed by atoms with Crippen LogP contribution in [0.4, 0.5) is 5.69 Å². The van der Waals surface area contributed by atoms with Crippen LogP contribution >= 0.6 is 0 Å². The summed E-state index contributed by atoms with van der Waals surface area (Å²) in [5.74, 6) is 0.0931. The van der Waals surface area contributed by atoms with Crippen molar-refractivity contribution in [1.82, 2.24) is 5.32 Å². The third-order valence-corrected chi connectivity index (χ3v) is 2.76. The molecular formula is C10H10N2O. The lowest BCUT2D eigenvalue weighted by molar-refractivity contribution is 0.0965. The Morgan fingerprint density at radius 1 is 1.23 bits per heavy atom. The van der Waals surface area contributed by atoms with Crippen LogP contribution in [0.3, 0.4) is 0 Å². The van der Waals surface area contributed by atoms with Gasteiger partial charge in [-0.15, -0.1) is 0 Å². The van der Waals surface area contributed by atoms with Gasteiger partial charge in [-0.05, 0) is 23.6 Å². The van der Waals surface area contributed by atoms with Gasteiger partial charge in [-0.2, -0.15) is 0 Å². The van der Waals surface area contributed by atoms with E-state index in [0.29, 0.717) is 6.54 Å². The zero-order valence-electron chi connectivity index (χ0n) is 7.18. The largest absolute Gasteiger partial charge is 0.384 e. The van der Waals surface area contributed by atoms with Crippen molar-refractivity contribution in [3.05, 3.63) is 28.8 Å². The molecule has 1 aromatic carbocycles. The summed E-state index contributed by atoms with van der Waals surface area (Å²) in [5.41, 5.74) is 4.40. The molecule has 0 spiro atoms. The molecule has 0 saturated carbocycles. The third kappa shape index (κ3) is 0.813. The Bertz CT molecular complexity index is 398. The van der Waals surface area contributed by atoms with E-state index in [1.54, 1.807) is 0 Å². The minimum absolute atomic E-state index is 0.0931. The van der Waals surface area contributed by atoms with E-state index < -0.39 is 0 Å². The molecule has 0 atom stereocenters. The molecule has 2 N–H and O–H groups in total. The highest BCUT2D eigenvalue weighted by molar-refractivity contribution is 6.01. The van der Waals surface area contributed by atoms with Crippen molar-refractivity contribution in [2.24, 2.45) is 0 Å². The van der Waals surface area contributed by atoms with Crippen LogP contribution in [0.5, 0.6) is 0 Å². The van der Waals surface area contributed by atoms with Gasteiger partial charge >= 0.3 is 0 Å². The van der Waals surface area contributed by atoms with Crippen molar-refractivity contribution in [3.63, 3.8) is 0 Å². The molecular weight excluding hydrogens is 164 g/mol. The SMILES string of the molecule is O=C1NCc2ccc3c(c21)CCN3. The number of benzene rings is 1. The van der Waals surface area contributed by atoms with Crippen LogP contribution in [-0.4, -0.2) is 12.5 Å². The summed E-state index contributed by atoms with van der Waals surface area (Å²) in [5, 5.41) is 6.12. The predicted octanol–water partition coefficient (Wildman–Crippen LogP) is 0.898. The van der Waals surface area contributed by atoms with Crippen molar-refractivity contribution in [2.75, 3.05) is 11.9 Å². The van der Waals surface area contributed by atoms with E-state index in [-0.39, 0.29) is 5.91 Å². The van der Waals surface area contributed by atoms with Crippen LogP contribution in [0.15, 0.2) is 12.1 Å². The molecule has 0 bridgehead atoms. The van der Waals surface area contributed by atoms with E-state index in [4.69, 9.17) is 0 Å². The lowest BCUT2D eigenvalue weighted by Crippen LogP contribution is -2.13. The lowest BCUT2D eigenvalue weighted by atomic mass is 10.0. The predicted molar refractivity (Wildman–Crippen MR) is 49.8 cm³/mol. The van der Waals surface area contributed by atoms with E-state index in [2.05, 4.69) is 16.7 Å². The van der Waals surface area contributed by atoms with Crippen LogP contribution in [0.25, 0.3) is 0 Å². The summed E-state index contributed by atoms with van der Waals surface area (Å²) < 4.78 is 0. The minimum atomic E-state index is 0.0931. The van der Waals surface area contributed by atoms with E-state index in [1.807, 2.05) is 6.07 Å². The third-order valence-electron chi connectivity index (χ3n) is 2.76. The number of carbonyl (C=O) groups excluding carboxylic acids is 1. The smallest absolute Gasteiger partial charge is 0.252 e. The Hall–Kier alpha value is -1.51.